The minimum atomic E-state index is -0.0539. The summed E-state index contributed by atoms with van der Waals surface area (Å²) in [6.07, 6.45) is 0. The molecule has 1 N–H and O–H groups in total. The van der Waals surface area contributed by atoms with E-state index in [2.05, 4.69) is 16.4 Å². The fourth-order valence-electron chi connectivity index (χ4n) is 2.10. The maximum atomic E-state index is 12.1. The van der Waals surface area contributed by atoms with Crippen LogP contribution in [-0.4, -0.2) is 10.9 Å². The first-order valence-corrected chi connectivity index (χ1v) is 7.27. The monoisotopic (exact) mass is 284 g/mol. The van der Waals surface area contributed by atoms with Gasteiger partial charge in [0.25, 0.3) is 5.91 Å². The maximum absolute atomic E-state index is 12.1. The second-order valence-corrected chi connectivity index (χ2v) is 5.59. The zero-order chi connectivity index (χ0) is 13.9. The molecule has 3 rings (SSSR count). The molecule has 0 unspecified atom stereocenters. The zero-order valence-corrected chi connectivity index (χ0v) is 11.9. The summed E-state index contributed by atoms with van der Waals surface area (Å²) in [7, 11) is 0. The Labute approximate surface area is 122 Å². The molecule has 3 aromatic rings. The van der Waals surface area contributed by atoms with Gasteiger partial charge in [-0.15, -0.1) is 11.3 Å². The molecule has 0 spiro atoms. The Hall–Kier alpha value is -2.20. The predicted molar refractivity (Wildman–Crippen MR) is 84.1 cm³/mol. The van der Waals surface area contributed by atoms with Crippen molar-refractivity contribution in [2.75, 3.05) is 0 Å². The molecule has 3 nitrogen and oxygen atoms in total. The normalized spacial score (nSPS) is 10.7. The molecule has 0 atom stereocenters. The largest absolute Gasteiger partial charge is 0.348 e. The molecular formula is C16H16N2OS. The van der Waals surface area contributed by atoms with Crippen LogP contribution in [0.5, 0.6) is 0 Å². The van der Waals surface area contributed by atoms with E-state index in [1.807, 2.05) is 43.3 Å². The van der Waals surface area contributed by atoms with Crippen LogP contribution >= 0.6 is 11.3 Å². The smallest absolute Gasteiger partial charge is 0.251 e. The molecule has 20 heavy (non-hydrogen) atoms. The minimum absolute atomic E-state index is 0. The van der Waals surface area contributed by atoms with E-state index in [-0.39, 0.29) is 7.33 Å². The fourth-order valence-corrected chi connectivity index (χ4v) is 2.82. The fraction of sp³-hybridized carbons (Fsp3) is 0.125. The Morgan fingerprint density at radius 2 is 2.20 bits per heavy atom. The third kappa shape index (κ3) is 2.70. The first kappa shape index (κ1) is 12.8. The summed E-state index contributed by atoms with van der Waals surface area (Å²) in [5.41, 5.74) is 5.71. The number of hydrogen-bond acceptors (Lipinski definition) is 3. The summed E-state index contributed by atoms with van der Waals surface area (Å²) >= 11 is 1.54. The highest BCUT2D eigenvalue weighted by Gasteiger charge is 2.07. The Morgan fingerprint density at radius 1 is 1.30 bits per heavy atom. The third-order valence-electron chi connectivity index (χ3n) is 3.13. The molecule has 0 saturated carbocycles. The number of amides is 1. The number of aryl methyl sites for hydroxylation is 1. The van der Waals surface area contributed by atoms with Gasteiger partial charge in [-0.05, 0) is 30.7 Å². The van der Waals surface area contributed by atoms with E-state index in [0.29, 0.717) is 12.1 Å². The van der Waals surface area contributed by atoms with Crippen LogP contribution in [0.15, 0.2) is 48.0 Å². The molecule has 0 aliphatic carbocycles. The molecule has 102 valence electrons. The van der Waals surface area contributed by atoms with Crippen molar-refractivity contribution in [2.45, 2.75) is 13.5 Å². The number of nitrogens with one attached hydrogen (secondary N) is 1. The molecule has 4 heteroatoms. The number of carbonyl (C=O) groups is 1. The van der Waals surface area contributed by atoms with Crippen LogP contribution in [0.2, 0.25) is 0 Å². The lowest BCUT2D eigenvalue weighted by Gasteiger charge is -2.06. The van der Waals surface area contributed by atoms with Crippen LogP contribution in [0.1, 0.15) is 22.9 Å². The Balaban J connectivity index is 0.00000161. The van der Waals surface area contributed by atoms with Crippen molar-refractivity contribution in [1.82, 2.24) is 10.3 Å². The standard InChI is InChI=1S/C16H14N2OS.H2/c1-11-3-2-4-12(7-11)9-17-16(19)13-5-6-14-15(8-13)20-10-18-14;/h2-8,10H,9H2,1H3,(H,17,19);1H. The van der Waals surface area contributed by atoms with E-state index in [4.69, 9.17) is 0 Å². The molecule has 0 saturated heterocycles. The zero-order valence-electron chi connectivity index (χ0n) is 11.1. The average Bonchev–Trinajstić information content (AvgIpc) is 2.92. The van der Waals surface area contributed by atoms with Crippen molar-refractivity contribution in [3.63, 3.8) is 0 Å². The summed E-state index contributed by atoms with van der Waals surface area (Å²) < 4.78 is 1.04. The lowest BCUT2D eigenvalue weighted by Crippen LogP contribution is -2.22. The quantitative estimate of drug-likeness (QED) is 0.795. The van der Waals surface area contributed by atoms with Gasteiger partial charge in [-0.2, -0.15) is 0 Å². The number of aromatic nitrogens is 1. The molecule has 1 heterocycles. The minimum Gasteiger partial charge on any atom is -0.348 e. The van der Waals surface area contributed by atoms with Crippen molar-refractivity contribution < 1.29 is 6.22 Å². The summed E-state index contributed by atoms with van der Waals surface area (Å²) in [6, 6.07) is 13.7. The second-order valence-electron chi connectivity index (χ2n) is 4.71. The lowest BCUT2D eigenvalue weighted by molar-refractivity contribution is 0.0951. The second kappa shape index (κ2) is 5.43. The van der Waals surface area contributed by atoms with Gasteiger partial charge in [-0.3, -0.25) is 4.79 Å². The number of rotatable bonds is 3. The van der Waals surface area contributed by atoms with Gasteiger partial charge < -0.3 is 5.32 Å². The molecule has 0 bridgehead atoms. The van der Waals surface area contributed by atoms with Crippen LogP contribution in [0, 0.1) is 6.92 Å². The van der Waals surface area contributed by atoms with Gasteiger partial charge in [0.2, 0.25) is 0 Å². The van der Waals surface area contributed by atoms with Crippen molar-refractivity contribution in [3.05, 3.63) is 64.7 Å². The van der Waals surface area contributed by atoms with Crippen LogP contribution in [0.25, 0.3) is 10.2 Å². The molecule has 0 radical (unpaired) electrons. The van der Waals surface area contributed by atoms with E-state index in [9.17, 15) is 4.79 Å². The SMILES string of the molecule is Cc1cccc(CNC(=O)c2ccc3ncsc3c2)c1.[HH]. The molecule has 2 aromatic carbocycles. The van der Waals surface area contributed by atoms with Crippen molar-refractivity contribution in [1.29, 1.82) is 0 Å². The van der Waals surface area contributed by atoms with E-state index in [1.165, 1.54) is 5.56 Å². The highest BCUT2D eigenvalue weighted by atomic mass is 32.1. The third-order valence-corrected chi connectivity index (χ3v) is 3.92. The average molecular weight is 284 g/mol. The first-order valence-electron chi connectivity index (χ1n) is 6.39. The van der Waals surface area contributed by atoms with Gasteiger partial charge in [-0.1, -0.05) is 29.8 Å². The highest BCUT2D eigenvalue weighted by Crippen LogP contribution is 2.19. The Morgan fingerprint density at radius 3 is 3.05 bits per heavy atom. The van der Waals surface area contributed by atoms with Gasteiger partial charge in [-0.25, -0.2) is 4.98 Å². The lowest BCUT2D eigenvalue weighted by atomic mass is 10.1. The van der Waals surface area contributed by atoms with Crippen molar-refractivity contribution in [3.8, 4) is 0 Å². The van der Waals surface area contributed by atoms with E-state index in [1.54, 1.807) is 16.8 Å². The van der Waals surface area contributed by atoms with Crippen molar-refractivity contribution >= 4 is 27.5 Å². The number of hydrogen-bond donors (Lipinski definition) is 1. The van der Waals surface area contributed by atoms with Crippen LogP contribution < -0.4 is 5.32 Å². The number of benzene rings is 2. The van der Waals surface area contributed by atoms with Gasteiger partial charge in [0.1, 0.15) is 0 Å². The molecule has 0 aliphatic heterocycles. The number of nitrogens with zero attached hydrogens (tertiary/aromatic N) is 1. The van der Waals surface area contributed by atoms with Gasteiger partial charge in [0.15, 0.2) is 0 Å². The molecular weight excluding hydrogens is 268 g/mol. The summed E-state index contributed by atoms with van der Waals surface area (Å²) in [4.78, 5) is 16.4. The number of fused-ring (bicyclic) bond motifs is 1. The van der Waals surface area contributed by atoms with Gasteiger partial charge in [0.05, 0.1) is 15.7 Å². The number of thiazole rings is 1. The summed E-state index contributed by atoms with van der Waals surface area (Å²) in [5, 5.41) is 2.94. The van der Waals surface area contributed by atoms with Gasteiger partial charge >= 0.3 is 0 Å². The van der Waals surface area contributed by atoms with Crippen LogP contribution in [0.3, 0.4) is 0 Å². The molecule has 1 aromatic heterocycles. The van der Waals surface area contributed by atoms with Crippen LogP contribution in [-0.2, 0) is 6.54 Å². The number of carbonyl (C=O) groups excluding carboxylic acids is 1. The van der Waals surface area contributed by atoms with Gasteiger partial charge in [0, 0.05) is 13.5 Å². The molecule has 0 fully saturated rings. The topological polar surface area (TPSA) is 42.0 Å². The van der Waals surface area contributed by atoms with E-state index < -0.39 is 0 Å². The predicted octanol–water partition coefficient (Wildman–Crippen LogP) is 3.78. The maximum Gasteiger partial charge on any atom is 0.251 e. The van der Waals surface area contributed by atoms with Crippen molar-refractivity contribution in [2.24, 2.45) is 0 Å². The Bertz CT molecular complexity index is 770. The highest BCUT2D eigenvalue weighted by molar-refractivity contribution is 7.16. The first-order chi connectivity index (χ1) is 9.72. The van der Waals surface area contributed by atoms with Crippen LogP contribution in [0.4, 0.5) is 0 Å². The molecule has 1 amide bonds. The summed E-state index contributed by atoms with van der Waals surface area (Å²) in [5.74, 6) is -0.0539. The molecule has 0 aliphatic rings. The van der Waals surface area contributed by atoms with E-state index in [0.717, 1.165) is 15.8 Å². The summed E-state index contributed by atoms with van der Waals surface area (Å²) in [6.45, 7) is 2.59. The Kier molecular flexibility index (Phi) is 3.48. The van der Waals surface area contributed by atoms with E-state index >= 15 is 0 Å².